The maximum atomic E-state index is 13.6. The first-order valence-corrected chi connectivity index (χ1v) is 11.3. The Hall–Kier alpha value is -2.17. The zero-order chi connectivity index (χ0) is 21.8. The van der Waals surface area contributed by atoms with Crippen molar-refractivity contribution in [2.75, 3.05) is 32.8 Å². The van der Waals surface area contributed by atoms with Gasteiger partial charge in [0.2, 0.25) is 5.60 Å². The molecule has 0 aliphatic heterocycles. The van der Waals surface area contributed by atoms with Crippen LogP contribution in [0.2, 0.25) is 0 Å². The highest BCUT2D eigenvalue weighted by Gasteiger charge is 2.45. The van der Waals surface area contributed by atoms with Crippen LogP contribution in [0.4, 0.5) is 0 Å². The Bertz CT molecular complexity index is 685. The predicted octanol–water partition coefficient (Wildman–Crippen LogP) is 5.27. The number of hydrogen-bond acceptors (Lipinski definition) is 4. The lowest BCUT2D eigenvalue weighted by Crippen LogP contribution is -2.43. The van der Waals surface area contributed by atoms with Crippen molar-refractivity contribution in [1.82, 2.24) is 4.90 Å². The van der Waals surface area contributed by atoms with Crippen molar-refractivity contribution < 1.29 is 14.3 Å². The molecule has 4 heteroatoms. The third kappa shape index (κ3) is 5.93. The lowest BCUT2D eigenvalue weighted by molar-refractivity contribution is -0.170. The Labute approximate surface area is 182 Å². The maximum Gasteiger partial charge on any atom is 0.347 e. The van der Waals surface area contributed by atoms with Crippen LogP contribution in [0.1, 0.15) is 51.7 Å². The van der Waals surface area contributed by atoms with Crippen molar-refractivity contribution in [3.05, 3.63) is 71.8 Å². The van der Waals surface area contributed by atoms with Gasteiger partial charge in [0.15, 0.2) is 0 Å². The molecule has 0 N–H and O–H groups in total. The summed E-state index contributed by atoms with van der Waals surface area (Å²) in [5.74, 6) is 0.0401. The summed E-state index contributed by atoms with van der Waals surface area (Å²) in [5, 5.41) is 0. The van der Waals surface area contributed by atoms with Gasteiger partial charge >= 0.3 is 5.97 Å². The summed E-state index contributed by atoms with van der Waals surface area (Å²) in [6.07, 6.45) is 2.01. The summed E-state index contributed by atoms with van der Waals surface area (Å²) in [6.45, 7) is 12.0. The number of esters is 1. The van der Waals surface area contributed by atoms with Crippen molar-refractivity contribution >= 4 is 5.97 Å². The van der Waals surface area contributed by atoms with Crippen molar-refractivity contribution in [3.63, 3.8) is 0 Å². The number of carbonyl (C=O) groups excluding carboxylic acids is 1. The summed E-state index contributed by atoms with van der Waals surface area (Å²) >= 11 is 0. The zero-order valence-corrected chi connectivity index (χ0v) is 19.0. The van der Waals surface area contributed by atoms with Crippen molar-refractivity contribution in [2.24, 2.45) is 5.92 Å². The van der Waals surface area contributed by atoms with E-state index in [0.717, 1.165) is 37.1 Å². The first kappa shape index (κ1) is 24.1. The number of ether oxygens (including phenoxy) is 2. The fraction of sp³-hybridized carbons (Fsp3) is 0.500. The zero-order valence-electron chi connectivity index (χ0n) is 19.0. The second kappa shape index (κ2) is 12.5. The second-order valence-corrected chi connectivity index (χ2v) is 7.57. The van der Waals surface area contributed by atoms with Gasteiger partial charge in [-0.3, -0.25) is 0 Å². The van der Waals surface area contributed by atoms with Crippen LogP contribution in [0.3, 0.4) is 0 Å². The molecular weight excluding hydrogens is 374 g/mol. The SMILES string of the molecule is CCC(CC)COC(C(=O)OCCN(CC)CC)(c1ccccc1)c1ccccc1. The van der Waals surface area contributed by atoms with E-state index in [4.69, 9.17) is 9.47 Å². The van der Waals surface area contributed by atoms with Gasteiger partial charge in [-0.25, -0.2) is 4.79 Å². The van der Waals surface area contributed by atoms with Gasteiger partial charge < -0.3 is 14.4 Å². The van der Waals surface area contributed by atoms with E-state index in [1.807, 2.05) is 60.7 Å². The van der Waals surface area contributed by atoms with E-state index in [9.17, 15) is 4.79 Å². The van der Waals surface area contributed by atoms with E-state index in [2.05, 4.69) is 32.6 Å². The van der Waals surface area contributed by atoms with E-state index in [1.54, 1.807) is 0 Å². The van der Waals surface area contributed by atoms with E-state index in [-0.39, 0.29) is 5.97 Å². The Morgan fingerprint density at radius 2 is 1.37 bits per heavy atom. The van der Waals surface area contributed by atoms with Crippen molar-refractivity contribution in [3.8, 4) is 0 Å². The smallest absolute Gasteiger partial charge is 0.347 e. The number of likely N-dealkylation sites (N-methyl/N-ethyl adjacent to an activating group) is 1. The highest BCUT2D eigenvalue weighted by Crippen LogP contribution is 2.36. The van der Waals surface area contributed by atoms with Gasteiger partial charge in [-0.15, -0.1) is 0 Å². The normalized spacial score (nSPS) is 11.8. The fourth-order valence-corrected chi connectivity index (χ4v) is 3.65. The van der Waals surface area contributed by atoms with E-state index >= 15 is 0 Å². The van der Waals surface area contributed by atoms with Crippen molar-refractivity contribution in [2.45, 2.75) is 46.1 Å². The van der Waals surface area contributed by atoms with E-state index in [1.165, 1.54) is 0 Å². The Kier molecular flexibility index (Phi) is 10.0. The molecule has 164 valence electrons. The summed E-state index contributed by atoms with van der Waals surface area (Å²) in [7, 11) is 0. The molecule has 0 spiro atoms. The molecule has 0 bridgehead atoms. The molecule has 2 aromatic carbocycles. The minimum absolute atomic E-state index is 0.344. The van der Waals surface area contributed by atoms with Gasteiger partial charge in [0.1, 0.15) is 6.61 Å². The first-order chi connectivity index (χ1) is 14.6. The molecule has 0 radical (unpaired) electrons. The van der Waals surface area contributed by atoms with Crippen LogP contribution >= 0.6 is 0 Å². The summed E-state index contributed by atoms with van der Waals surface area (Å²) < 4.78 is 12.4. The van der Waals surface area contributed by atoms with Crippen LogP contribution in [-0.4, -0.2) is 43.7 Å². The van der Waals surface area contributed by atoms with Crippen molar-refractivity contribution in [1.29, 1.82) is 0 Å². The van der Waals surface area contributed by atoms with Gasteiger partial charge in [-0.05, 0) is 30.1 Å². The number of rotatable bonds is 13. The Morgan fingerprint density at radius 1 is 0.867 bits per heavy atom. The summed E-state index contributed by atoms with van der Waals surface area (Å²) in [5.41, 5.74) is 0.332. The lowest BCUT2D eigenvalue weighted by atomic mass is 9.85. The average Bonchev–Trinajstić information content (AvgIpc) is 2.81. The topological polar surface area (TPSA) is 38.8 Å². The number of nitrogens with zero attached hydrogens (tertiary/aromatic N) is 1. The second-order valence-electron chi connectivity index (χ2n) is 7.57. The molecule has 0 aliphatic carbocycles. The summed E-state index contributed by atoms with van der Waals surface area (Å²) in [4.78, 5) is 15.9. The fourth-order valence-electron chi connectivity index (χ4n) is 3.65. The van der Waals surface area contributed by atoms with E-state index in [0.29, 0.717) is 25.7 Å². The molecular formula is C26H37NO3. The van der Waals surface area contributed by atoms with Gasteiger partial charge in [0.25, 0.3) is 0 Å². The molecule has 30 heavy (non-hydrogen) atoms. The molecule has 2 aromatic rings. The number of carbonyl (C=O) groups is 1. The third-order valence-corrected chi connectivity index (χ3v) is 5.87. The van der Waals surface area contributed by atoms with Crippen LogP contribution < -0.4 is 0 Å². The molecule has 4 nitrogen and oxygen atoms in total. The minimum Gasteiger partial charge on any atom is -0.462 e. The maximum absolute atomic E-state index is 13.6. The molecule has 0 saturated heterocycles. The number of benzene rings is 2. The molecule has 0 heterocycles. The number of hydrogen-bond donors (Lipinski definition) is 0. The predicted molar refractivity (Wildman–Crippen MR) is 122 cm³/mol. The minimum atomic E-state index is -1.27. The molecule has 0 amide bonds. The summed E-state index contributed by atoms with van der Waals surface area (Å²) in [6, 6.07) is 19.5. The first-order valence-electron chi connectivity index (χ1n) is 11.3. The standard InChI is InChI=1S/C26H37NO3/c1-5-22(6-2)21-30-26(23-15-11-9-12-16-23,24-17-13-10-14-18-24)25(28)29-20-19-27(7-3)8-4/h9-18,22H,5-8,19-21H2,1-4H3. The molecule has 0 unspecified atom stereocenters. The Morgan fingerprint density at radius 3 is 1.80 bits per heavy atom. The molecule has 0 saturated carbocycles. The van der Waals surface area contributed by atoms with E-state index < -0.39 is 5.60 Å². The lowest BCUT2D eigenvalue weighted by Gasteiger charge is -2.34. The van der Waals surface area contributed by atoms with Gasteiger partial charge in [0, 0.05) is 6.54 Å². The molecule has 0 aromatic heterocycles. The third-order valence-electron chi connectivity index (χ3n) is 5.87. The van der Waals surface area contributed by atoms with Crippen LogP contribution in [-0.2, 0) is 19.9 Å². The quantitative estimate of drug-likeness (QED) is 0.421. The van der Waals surface area contributed by atoms with Crippen LogP contribution in [0, 0.1) is 5.92 Å². The highest BCUT2D eigenvalue weighted by molar-refractivity contribution is 5.85. The van der Waals surface area contributed by atoms with Crippen LogP contribution in [0.5, 0.6) is 0 Å². The molecule has 2 rings (SSSR count). The average molecular weight is 412 g/mol. The van der Waals surface area contributed by atoms with Crippen LogP contribution in [0.15, 0.2) is 60.7 Å². The van der Waals surface area contributed by atoms with Crippen LogP contribution in [0.25, 0.3) is 0 Å². The largest absolute Gasteiger partial charge is 0.462 e. The van der Waals surface area contributed by atoms with Gasteiger partial charge in [-0.2, -0.15) is 0 Å². The highest BCUT2D eigenvalue weighted by atomic mass is 16.6. The molecule has 0 fully saturated rings. The monoisotopic (exact) mass is 411 g/mol. The Balaban J connectivity index is 2.41. The molecule has 0 atom stereocenters. The molecule has 0 aliphatic rings. The van der Waals surface area contributed by atoms with Gasteiger partial charge in [0.05, 0.1) is 6.61 Å². The van der Waals surface area contributed by atoms with Gasteiger partial charge in [-0.1, -0.05) is 101 Å².